The molecule has 324 valence electrons. The molecule has 0 aliphatic rings. The highest BCUT2D eigenvalue weighted by Crippen LogP contribution is 2.45. The SMILES string of the molecule is Nc1cc2c(O)c(/N=N/c3ccc(/N=N/c4ccc(/N=N/c5cnc6ccccc6c5)c5ccc(S(=O)(=O)O)cc45)c4ccc(S(=O)(=O)O)cc34)c(S(=O)(=O)O)cc2cc1S(=O)(=O)O. The van der Waals surface area contributed by atoms with Crippen molar-refractivity contribution < 1.29 is 57.0 Å². The van der Waals surface area contributed by atoms with E-state index >= 15 is 0 Å². The second-order valence-corrected chi connectivity index (χ2v) is 19.3. The monoisotopic (exact) mass is 942 g/mol. The lowest BCUT2D eigenvalue weighted by Crippen LogP contribution is -2.04. The first-order valence-corrected chi connectivity index (χ1v) is 23.5. The highest BCUT2D eigenvalue weighted by molar-refractivity contribution is 7.86. The van der Waals surface area contributed by atoms with Gasteiger partial charge in [0.15, 0.2) is 5.75 Å². The van der Waals surface area contributed by atoms with Crippen molar-refractivity contribution >= 4 is 124 Å². The average molecular weight is 943 g/mol. The van der Waals surface area contributed by atoms with Gasteiger partial charge in [0, 0.05) is 32.3 Å². The van der Waals surface area contributed by atoms with Crippen LogP contribution in [0.5, 0.6) is 5.75 Å². The van der Waals surface area contributed by atoms with Crippen molar-refractivity contribution in [2.45, 2.75) is 19.6 Å². The second-order valence-electron chi connectivity index (χ2n) is 13.7. The summed E-state index contributed by atoms with van der Waals surface area (Å²) in [6.45, 7) is 0. The molecule has 0 spiro atoms. The van der Waals surface area contributed by atoms with E-state index in [0.717, 1.165) is 53.4 Å². The molecule has 0 atom stereocenters. The Labute approximate surface area is 361 Å². The van der Waals surface area contributed by atoms with Crippen LogP contribution in [-0.4, -0.2) is 62.0 Å². The number of azo groups is 3. The number of nitrogens with two attached hydrogens (primary N) is 1. The number of anilines is 1. The second kappa shape index (κ2) is 15.8. The Hall–Kier alpha value is -7.23. The molecule has 0 saturated heterocycles. The molecule has 8 rings (SSSR count). The Balaban J connectivity index is 1.24. The molecule has 7 aromatic carbocycles. The summed E-state index contributed by atoms with van der Waals surface area (Å²) in [6, 6.07) is 24.1. The van der Waals surface area contributed by atoms with Crippen molar-refractivity contribution in [3.63, 3.8) is 0 Å². The van der Waals surface area contributed by atoms with E-state index in [1.54, 1.807) is 6.07 Å². The van der Waals surface area contributed by atoms with Crippen LogP contribution in [0.25, 0.3) is 43.2 Å². The lowest BCUT2D eigenvalue weighted by molar-refractivity contribution is 0.472. The molecule has 0 saturated carbocycles. The van der Waals surface area contributed by atoms with Crippen LogP contribution in [-0.2, 0) is 40.5 Å². The van der Waals surface area contributed by atoms with E-state index in [9.17, 15) is 57.0 Å². The highest BCUT2D eigenvalue weighted by Gasteiger charge is 2.25. The predicted octanol–water partition coefficient (Wildman–Crippen LogP) is 9.22. The molecule has 0 radical (unpaired) electrons. The third-order valence-electron chi connectivity index (χ3n) is 9.59. The number of nitrogen functional groups attached to an aromatic ring is 1. The van der Waals surface area contributed by atoms with E-state index in [-0.39, 0.29) is 49.7 Å². The van der Waals surface area contributed by atoms with Gasteiger partial charge in [-0.25, -0.2) is 0 Å². The standard InChI is InChI=1S/C39H26N8O13S4/c40-30-18-27-21(14-36(30)63(55,56)57)15-37(64(58,59)60)38(39(27)48)47-46-35-12-10-33(26-8-6-24(17-29(26)35)62(52,53)54)44-45-34-11-9-32(25-7-5-23(16-28(25)34)61(49,50)51)43-42-22-13-20-3-1-2-4-31(20)41-19-22/h1-19,48H,40H2,(H,49,50,51)(H,52,53,54)(H,55,56,57)(H,58,59,60)/b43-42+,45-44+,47-46+. The van der Waals surface area contributed by atoms with Gasteiger partial charge in [-0.1, -0.05) is 30.3 Å². The van der Waals surface area contributed by atoms with Gasteiger partial charge in [0.2, 0.25) is 0 Å². The van der Waals surface area contributed by atoms with Crippen LogP contribution in [0, 0.1) is 0 Å². The molecule has 1 aromatic heterocycles. The fourth-order valence-corrected chi connectivity index (χ4v) is 8.91. The molecule has 0 fully saturated rings. The molecule has 25 heteroatoms. The number of nitrogens with zero attached hydrogens (tertiary/aromatic N) is 7. The quantitative estimate of drug-likeness (QED) is 0.0422. The summed E-state index contributed by atoms with van der Waals surface area (Å²) in [5.41, 5.74) is 5.73. The Kier molecular flexibility index (Phi) is 10.7. The summed E-state index contributed by atoms with van der Waals surface area (Å²) in [6.07, 6.45) is 1.52. The van der Waals surface area contributed by atoms with Gasteiger partial charge < -0.3 is 10.8 Å². The first-order chi connectivity index (χ1) is 30.1. The molecule has 0 amide bonds. The Morgan fingerprint density at radius 3 is 1.47 bits per heavy atom. The van der Waals surface area contributed by atoms with E-state index in [2.05, 4.69) is 35.7 Å². The van der Waals surface area contributed by atoms with Crippen LogP contribution < -0.4 is 5.73 Å². The van der Waals surface area contributed by atoms with Crippen molar-refractivity contribution in [1.29, 1.82) is 0 Å². The molecule has 1 heterocycles. The number of hydrogen-bond donors (Lipinski definition) is 6. The summed E-state index contributed by atoms with van der Waals surface area (Å²) in [7, 11) is -19.7. The summed E-state index contributed by atoms with van der Waals surface area (Å²) in [5.74, 6) is -0.946. The number of pyridine rings is 1. The minimum absolute atomic E-state index is 0.0415. The number of aromatic nitrogens is 1. The molecule has 0 aliphatic carbocycles. The fourth-order valence-electron chi connectivity index (χ4n) is 6.61. The minimum Gasteiger partial charge on any atom is -0.505 e. The number of benzene rings is 7. The van der Waals surface area contributed by atoms with Gasteiger partial charge in [-0.2, -0.15) is 33.7 Å². The molecule has 8 aromatic rings. The van der Waals surface area contributed by atoms with Crippen LogP contribution in [0.4, 0.5) is 39.8 Å². The van der Waals surface area contributed by atoms with E-state index in [1.807, 2.05) is 24.3 Å². The van der Waals surface area contributed by atoms with Gasteiger partial charge in [0.1, 0.15) is 21.2 Å². The van der Waals surface area contributed by atoms with Gasteiger partial charge in [0.25, 0.3) is 40.5 Å². The molecular weight excluding hydrogens is 917 g/mol. The largest absolute Gasteiger partial charge is 0.505 e. The number of phenolic OH excluding ortho intramolecular Hbond substituents is 1. The first kappa shape index (κ1) is 43.4. The van der Waals surface area contributed by atoms with Gasteiger partial charge in [0.05, 0.1) is 49.9 Å². The highest BCUT2D eigenvalue weighted by atomic mass is 32.2. The number of fused-ring (bicyclic) bond motifs is 4. The van der Waals surface area contributed by atoms with Crippen molar-refractivity contribution in [1.82, 2.24) is 4.98 Å². The van der Waals surface area contributed by atoms with Gasteiger partial charge in [-0.3, -0.25) is 23.2 Å². The maximum Gasteiger partial charge on any atom is 0.296 e. The van der Waals surface area contributed by atoms with Crippen LogP contribution in [0.3, 0.4) is 0 Å². The fraction of sp³-hybridized carbons (Fsp3) is 0. The zero-order valence-electron chi connectivity index (χ0n) is 31.8. The van der Waals surface area contributed by atoms with Crippen molar-refractivity contribution in [3.8, 4) is 5.75 Å². The summed E-state index contributed by atoms with van der Waals surface area (Å²) < 4.78 is 137. The van der Waals surface area contributed by atoms with Crippen LogP contribution in [0.1, 0.15) is 0 Å². The van der Waals surface area contributed by atoms with E-state index < -0.39 is 77.2 Å². The molecule has 0 unspecified atom stereocenters. The normalized spacial score (nSPS) is 13.1. The summed E-state index contributed by atoms with van der Waals surface area (Å²) in [4.78, 5) is 1.41. The molecule has 7 N–H and O–H groups in total. The first-order valence-electron chi connectivity index (χ1n) is 17.8. The lowest BCUT2D eigenvalue weighted by Gasteiger charge is -2.11. The Morgan fingerprint density at radius 1 is 0.453 bits per heavy atom. The van der Waals surface area contributed by atoms with E-state index in [1.165, 1.54) is 42.6 Å². The van der Waals surface area contributed by atoms with Gasteiger partial charge >= 0.3 is 0 Å². The third-order valence-corrected chi connectivity index (χ3v) is 13.1. The Bertz CT molecular complexity index is 3890. The van der Waals surface area contributed by atoms with Crippen LogP contribution in [0.2, 0.25) is 0 Å². The summed E-state index contributed by atoms with van der Waals surface area (Å²) >= 11 is 0. The van der Waals surface area contributed by atoms with Crippen molar-refractivity contribution in [3.05, 3.63) is 115 Å². The molecule has 21 nitrogen and oxygen atoms in total. The molecule has 64 heavy (non-hydrogen) atoms. The topological polar surface area (TPSA) is 351 Å². The van der Waals surface area contributed by atoms with Crippen molar-refractivity contribution in [2.24, 2.45) is 30.7 Å². The number of hydrogen-bond acceptors (Lipinski definition) is 17. The van der Waals surface area contributed by atoms with Crippen molar-refractivity contribution in [2.75, 3.05) is 5.73 Å². The average Bonchev–Trinajstić information content (AvgIpc) is 3.23. The third kappa shape index (κ3) is 8.59. The van der Waals surface area contributed by atoms with E-state index in [4.69, 9.17) is 5.73 Å². The smallest absolute Gasteiger partial charge is 0.296 e. The number of rotatable bonds is 10. The minimum atomic E-state index is -5.23. The zero-order valence-corrected chi connectivity index (χ0v) is 35.1. The van der Waals surface area contributed by atoms with Crippen LogP contribution in [0.15, 0.2) is 166 Å². The van der Waals surface area contributed by atoms with Gasteiger partial charge in [-0.05, 0) is 84.2 Å². The maximum absolute atomic E-state index is 12.5. The number of aromatic hydroxyl groups is 1. The molecule has 0 bridgehead atoms. The number of para-hydroxylation sites is 1. The van der Waals surface area contributed by atoms with Gasteiger partial charge in [-0.15, -0.1) is 30.7 Å². The van der Waals surface area contributed by atoms with E-state index in [0.29, 0.717) is 11.1 Å². The Morgan fingerprint density at radius 2 is 0.938 bits per heavy atom. The zero-order chi connectivity index (χ0) is 45.9. The summed E-state index contributed by atoms with van der Waals surface area (Å²) in [5, 5.41) is 37.1. The molecule has 0 aliphatic heterocycles. The predicted molar refractivity (Wildman–Crippen MR) is 231 cm³/mol. The van der Waals surface area contributed by atoms with Crippen LogP contribution >= 0.6 is 0 Å². The number of phenols is 1. The maximum atomic E-state index is 12.5. The lowest BCUT2D eigenvalue weighted by atomic mass is 10.1. The molecular formula is C39H26N8O13S4.